The molecule has 0 saturated carbocycles. The molecule has 4 rings (SSSR count). The molecule has 2 N–H and O–H groups in total. The summed E-state index contributed by atoms with van der Waals surface area (Å²) in [5.41, 5.74) is 7.29. The van der Waals surface area contributed by atoms with E-state index in [2.05, 4.69) is 79.7 Å². The standard InChI is InChI=1S/C38H46N2O2.2C2H4O2.Co/c1-9-27-15-25(21-37(3,4)5)17-31(35(27)41)23-39-33-19-29-13-11-12-14-30(29)20-34(33)40-24-32-18-26(22-38(6,7)8)16-28(10-2)36(32)42;2*1-2(3)4;/h11-20,23-24,41-42H,9-10,21-22H2,1-8H3;2*1H3,(H,3,4);/q;;;+2/p-2. The summed E-state index contributed by atoms with van der Waals surface area (Å²) >= 11 is 0. The number of hydrogen-bond donors (Lipinski definition) is 2. The van der Waals surface area contributed by atoms with E-state index in [9.17, 15) is 10.2 Å². The van der Waals surface area contributed by atoms with Gasteiger partial charge in [-0.1, -0.05) is 91.8 Å². The molecular formula is C42H52CoN2O6. The second-order valence-corrected chi connectivity index (χ2v) is 14.8. The van der Waals surface area contributed by atoms with Crippen molar-refractivity contribution in [2.24, 2.45) is 20.8 Å². The fraction of sp³-hybridized carbons (Fsp3) is 0.381. The Labute approximate surface area is 313 Å². The third-order valence-electron chi connectivity index (χ3n) is 7.32. The molecule has 0 spiro atoms. The second kappa shape index (κ2) is 19.8. The summed E-state index contributed by atoms with van der Waals surface area (Å²) in [7, 11) is 0. The molecule has 0 aliphatic carbocycles. The van der Waals surface area contributed by atoms with Crippen molar-refractivity contribution in [3.63, 3.8) is 0 Å². The van der Waals surface area contributed by atoms with E-state index in [1.54, 1.807) is 12.4 Å². The number of aliphatic carboxylic acids is 2. The molecule has 0 atom stereocenters. The van der Waals surface area contributed by atoms with Gasteiger partial charge in [-0.05, 0) is 108 Å². The number of nitrogens with zero attached hydrogens (tertiary/aromatic N) is 2. The van der Waals surface area contributed by atoms with Gasteiger partial charge < -0.3 is 30.0 Å². The normalized spacial score (nSPS) is 11.4. The van der Waals surface area contributed by atoms with Crippen LogP contribution in [0.4, 0.5) is 11.4 Å². The van der Waals surface area contributed by atoms with Crippen molar-refractivity contribution in [2.45, 2.75) is 94.9 Å². The van der Waals surface area contributed by atoms with Gasteiger partial charge in [0.15, 0.2) is 0 Å². The molecule has 1 radical (unpaired) electrons. The Balaban J connectivity index is 0.00000131. The van der Waals surface area contributed by atoms with Crippen molar-refractivity contribution in [1.82, 2.24) is 0 Å². The number of rotatable bonds is 8. The number of aryl methyl sites for hydroxylation is 2. The first-order valence-corrected chi connectivity index (χ1v) is 16.9. The molecule has 0 aliphatic rings. The smallest absolute Gasteiger partial charge is 0.550 e. The molecule has 0 unspecified atom stereocenters. The Morgan fingerprint density at radius 1 is 0.647 bits per heavy atom. The molecule has 0 aliphatic heterocycles. The Bertz CT molecular complexity index is 1710. The maximum Gasteiger partial charge on any atom is 2.00 e. The number of phenolic OH excluding ortho intramolecular Hbond substituents is 2. The van der Waals surface area contributed by atoms with Crippen LogP contribution in [0.2, 0.25) is 0 Å². The van der Waals surface area contributed by atoms with Crippen LogP contribution in [0, 0.1) is 10.8 Å². The maximum atomic E-state index is 11.0. The fourth-order valence-electron chi connectivity index (χ4n) is 5.44. The monoisotopic (exact) mass is 739 g/mol. The third-order valence-corrected chi connectivity index (χ3v) is 7.32. The minimum atomic E-state index is -1.08. The number of carboxylic acid groups (broad SMARTS) is 2. The summed E-state index contributed by atoms with van der Waals surface area (Å²) in [5, 5.41) is 41.9. The zero-order chi connectivity index (χ0) is 37.8. The van der Waals surface area contributed by atoms with Crippen LogP contribution in [0.3, 0.4) is 0 Å². The van der Waals surface area contributed by atoms with Gasteiger partial charge in [-0.15, -0.1) is 0 Å². The van der Waals surface area contributed by atoms with Crippen molar-refractivity contribution < 1.29 is 46.8 Å². The molecule has 4 aromatic rings. The first kappa shape index (κ1) is 44.5. The largest absolute Gasteiger partial charge is 2.00 e. The van der Waals surface area contributed by atoms with Gasteiger partial charge in [0.05, 0.1) is 11.4 Å². The van der Waals surface area contributed by atoms with Gasteiger partial charge in [-0.3, -0.25) is 9.98 Å². The van der Waals surface area contributed by atoms with Gasteiger partial charge in [0.1, 0.15) is 11.5 Å². The Hall–Kier alpha value is -4.47. The molecule has 0 aromatic heterocycles. The summed E-state index contributed by atoms with van der Waals surface area (Å²) in [6, 6.07) is 20.5. The molecule has 0 heterocycles. The molecule has 9 heteroatoms. The number of aliphatic imine (C=N–C) groups is 2. The molecular weight excluding hydrogens is 687 g/mol. The molecule has 275 valence electrons. The Morgan fingerprint density at radius 3 is 1.24 bits per heavy atom. The van der Waals surface area contributed by atoms with Crippen molar-refractivity contribution in [2.75, 3.05) is 0 Å². The number of hydrogen-bond acceptors (Lipinski definition) is 8. The Morgan fingerprint density at radius 2 is 0.961 bits per heavy atom. The number of benzene rings is 4. The van der Waals surface area contributed by atoms with E-state index in [4.69, 9.17) is 29.8 Å². The van der Waals surface area contributed by atoms with E-state index in [-0.39, 0.29) is 39.1 Å². The first-order valence-electron chi connectivity index (χ1n) is 16.9. The van der Waals surface area contributed by atoms with Gasteiger partial charge in [0.2, 0.25) is 0 Å². The van der Waals surface area contributed by atoms with Gasteiger partial charge in [-0.2, -0.15) is 0 Å². The topological polar surface area (TPSA) is 145 Å². The van der Waals surface area contributed by atoms with Gasteiger partial charge in [-0.25, -0.2) is 0 Å². The van der Waals surface area contributed by atoms with Crippen molar-refractivity contribution in [3.05, 3.63) is 94.0 Å². The van der Waals surface area contributed by atoms with Crippen LogP contribution in [0.15, 0.2) is 70.6 Å². The number of phenols is 2. The number of aromatic hydroxyl groups is 2. The average molecular weight is 740 g/mol. The molecule has 51 heavy (non-hydrogen) atoms. The molecule has 0 fully saturated rings. The van der Waals surface area contributed by atoms with Crippen LogP contribution in [0.25, 0.3) is 10.8 Å². The number of carbonyl (C=O) groups is 2. The van der Waals surface area contributed by atoms with Crippen LogP contribution in [-0.2, 0) is 52.1 Å². The van der Waals surface area contributed by atoms with Crippen molar-refractivity contribution in [1.29, 1.82) is 0 Å². The molecule has 0 amide bonds. The molecule has 4 aromatic carbocycles. The van der Waals surface area contributed by atoms with Crippen LogP contribution in [0.1, 0.15) is 103 Å². The van der Waals surface area contributed by atoms with Crippen molar-refractivity contribution in [3.8, 4) is 11.5 Å². The van der Waals surface area contributed by atoms with Gasteiger partial charge in [0, 0.05) is 35.5 Å². The van der Waals surface area contributed by atoms with E-state index in [1.807, 2.05) is 36.4 Å². The van der Waals surface area contributed by atoms with E-state index in [0.717, 1.165) is 61.4 Å². The Kier molecular flexibility index (Phi) is 17.3. The fourth-order valence-corrected chi connectivity index (χ4v) is 5.44. The summed E-state index contributed by atoms with van der Waals surface area (Å²) in [5.74, 6) is -1.62. The quantitative estimate of drug-likeness (QED) is 0.179. The number of carbonyl (C=O) groups excluding carboxylic acids is 2. The van der Waals surface area contributed by atoms with Crippen LogP contribution in [0.5, 0.6) is 11.5 Å². The van der Waals surface area contributed by atoms with Gasteiger partial charge >= 0.3 is 16.8 Å². The van der Waals surface area contributed by atoms with E-state index >= 15 is 0 Å². The molecule has 0 bridgehead atoms. The summed E-state index contributed by atoms with van der Waals surface area (Å²) in [6.07, 6.45) is 6.80. The van der Waals surface area contributed by atoms with Crippen LogP contribution < -0.4 is 10.2 Å². The minimum absolute atomic E-state index is 0. The van der Waals surface area contributed by atoms with Crippen LogP contribution >= 0.6 is 0 Å². The second-order valence-electron chi connectivity index (χ2n) is 14.8. The van der Waals surface area contributed by atoms with Gasteiger partial charge in [0.25, 0.3) is 0 Å². The number of carboxylic acids is 2. The third kappa shape index (κ3) is 15.5. The van der Waals surface area contributed by atoms with E-state index in [1.165, 1.54) is 11.1 Å². The van der Waals surface area contributed by atoms with E-state index < -0.39 is 11.9 Å². The molecule has 0 saturated heterocycles. The summed E-state index contributed by atoms with van der Waals surface area (Å²) < 4.78 is 0. The minimum Gasteiger partial charge on any atom is -0.550 e. The SMILES string of the molecule is CC(=O)[O-].CC(=O)[O-].CCc1cc(CC(C)(C)C)cc(C=Nc2cc3ccccc3cc2N=Cc2cc(CC(C)(C)C)cc(CC)c2O)c1O.[Co+2]. The van der Waals surface area contributed by atoms with Crippen molar-refractivity contribution >= 4 is 46.5 Å². The average Bonchev–Trinajstić information content (AvgIpc) is 2.99. The predicted molar refractivity (Wildman–Crippen MR) is 201 cm³/mol. The summed E-state index contributed by atoms with van der Waals surface area (Å²) in [4.78, 5) is 27.5. The first-order chi connectivity index (χ1) is 23.2. The maximum absolute atomic E-state index is 11.0. The van der Waals surface area contributed by atoms with Crippen LogP contribution in [-0.4, -0.2) is 34.6 Å². The molecule has 8 nitrogen and oxygen atoms in total. The zero-order valence-corrected chi connectivity index (χ0v) is 32.6. The van der Waals surface area contributed by atoms with E-state index in [0.29, 0.717) is 22.5 Å². The summed E-state index contributed by atoms with van der Waals surface area (Å²) in [6.45, 7) is 19.4. The number of fused-ring (bicyclic) bond motifs is 1. The predicted octanol–water partition coefficient (Wildman–Crippen LogP) is 7.56. The zero-order valence-electron chi connectivity index (χ0n) is 31.5.